The van der Waals surface area contributed by atoms with E-state index < -0.39 is 66.1 Å². The molecule has 0 bridgehead atoms. The number of nitrogens with zero attached hydrogens (tertiary/aromatic N) is 1. The van der Waals surface area contributed by atoms with Crippen molar-refractivity contribution in [2.45, 2.75) is 77.4 Å². The number of alkyl halides is 3. The van der Waals surface area contributed by atoms with E-state index in [9.17, 15) is 37.1 Å². The molecule has 0 aromatic rings. The van der Waals surface area contributed by atoms with Crippen molar-refractivity contribution < 1.29 is 46.6 Å². The Kier molecular flexibility index (Phi) is 8.64. The molecule has 0 unspecified atom stereocenters. The van der Waals surface area contributed by atoms with Crippen LogP contribution in [0.2, 0.25) is 0 Å². The summed E-state index contributed by atoms with van der Waals surface area (Å²) in [4.78, 5) is 65.1. The van der Waals surface area contributed by atoms with Crippen LogP contribution in [0, 0.1) is 16.7 Å². The second-order valence-electron chi connectivity index (χ2n) is 11.4. The van der Waals surface area contributed by atoms with Crippen LogP contribution in [0.15, 0.2) is 0 Å². The fourth-order valence-corrected chi connectivity index (χ4v) is 5.00. The Bertz CT molecular complexity index is 962. The number of Topliss-reactive ketones (excluding diaryl/α,β-unsaturated/α-hetero) is 1. The molecule has 0 aromatic heterocycles. The van der Waals surface area contributed by atoms with Crippen molar-refractivity contribution in [2.75, 3.05) is 26.8 Å². The predicted octanol–water partition coefficient (Wildman–Crippen LogP) is 1.25. The number of amides is 4. The summed E-state index contributed by atoms with van der Waals surface area (Å²) >= 11 is 0. The van der Waals surface area contributed by atoms with Crippen LogP contribution in [-0.4, -0.2) is 85.8 Å². The van der Waals surface area contributed by atoms with Gasteiger partial charge in [-0.2, -0.15) is 0 Å². The zero-order chi connectivity index (χ0) is 28.5. The van der Waals surface area contributed by atoms with Crippen molar-refractivity contribution in [1.82, 2.24) is 20.9 Å². The van der Waals surface area contributed by atoms with Gasteiger partial charge in [0, 0.05) is 19.0 Å². The number of nitrogens with one attached hydrogen (secondary N) is 3. The molecule has 38 heavy (non-hydrogen) atoms. The summed E-state index contributed by atoms with van der Waals surface area (Å²) in [6.45, 7) is 4.52. The van der Waals surface area contributed by atoms with Gasteiger partial charge in [0.1, 0.15) is 18.7 Å². The summed E-state index contributed by atoms with van der Waals surface area (Å²) in [5.41, 5.74) is -1.01. The van der Waals surface area contributed by atoms with Crippen molar-refractivity contribution in [3.05, 3.63) is 0 Å². The molecule has 1 saturated carbocycles. The smallest absolute Gasteiger partial charge is 0.453 e. The second kappa shape index (κ2) is 11.1. The molecule has 3 fully saturated rings. The number of likely N-dealkylation sites (tertiary alicyclic amines) is 1. The van der Waals surface area contributed by atoms with Crippen LogP contribution in [0.25, 0.3) is 0 Å². The highest BCUT2D eigenvalue weighted by atomic mass is 19.4. The monoisotopic (exact) mass is 548 g/mol. The van der Waals surface area contributed by atoms with Crippen LogP contribution < -0.4 is 16.0 Å². The summed E-state index contributed by atoms with van der Waals surface area (Å²) in [6.07, 6.45) is -3.81. The van der Waals surface area contributed by atoms with Gasteiger partial charge in [-0.1, -0.05) is 20.8 Å². The quantitative estimate of drug-likeness (QED) is 0.394. The first-order valence-corrected chi connectivity index (χ1v) is 12.5. The predicted molar refractivity (Wildman–Crippen MR) is 125 cm³/mol. The van der Waals surface area contributed by atoms with Crippen molar-refractivity contribution in [2.24, 2.45) is 16.7 Å². The van der Waals surface area contributed by atoms with Gasteiger partial charge in [0.05, 0.1) is 13.2 Å². The van der Waals surface area contributed by atoms with E-state index in [0.29, 0.717) is 19.4 Å². The average Bonchev–Trinajstić information content (AvgIpc) is 3.28. The maximum absolute atomic E-state index is 13.6. The van der Waals surface area contributed by atoms with Gasteiger partial charge >= 0.3 is 12.5 Å². The summed E-state index contributed by atoms with van der Waals surface area (Å²) in [5.74, 6) is -3.28. The summed E-state index contributed by atoms with van der Waals surface area (Å²) < 4.78 is 46.0. The zero-order valence-corrected chi connectivity index (χ0v) is 21.9. The van der Waals surface area contributed by atoms with E-state index in [1.54, 1.807) is 20.8 Å². The number of carbonyl (C=O) groups excluding carboxylic acids is 5. The maximum Gasteiger partial charge on any atom is 0.522 e. The molecule has 2 heterocycles. The Morgan fingerprint density at radius 1 is 1.16 bits per heavy atom. The minimum Gasteiger partial charge on any atom is -0.453 e. The first-order valence-electron chi connectivity index (χ1n) is 12.5. The van der Waals surface area contributed by atoms with Gasteiger partial charge in [0.15, 0.2) is 5.78 Å². The van der Waals surface area contributed by atoms with Crippen molar-refractivity contribution in [1.29, 1.82) is 0 Å². The normalized spacial score (nSPS) is 24.0. The minimum absolute atomic E-state index is 0.196. The molecular formula is C24H35F3N4O7. The molecule has 4 amide bonds. The van der Waals surface area contributed by atoms with Gasteiger partial charge in [0.2, 0.25) is 17.7 Å². The Balaban J connectivity index is 1.80. The van der Waals surface area contributed by atoms with Crippen LogP contribution in [0.5, 0.6) is 0 Å². The lowest BCUT2D eigenvalue weighted by Crippen LogP contribution is -2.58. The number of alkyl carbamates (subject to hydrolysis) is 1. The van der Waals surface area contributed by atoms with Crippen LogP contribution in [0.1, 0.15) is 52.9 Å². The molecule has 4 atom stereocenters. The molecule has 14 heteroatoms. The highest BCUT2D eigenvalue weighted by Gasteiger charge is 2.56. The third kappa shape index (κ3) is 7.35. The highest BCUT2D eigenvalue weighted by molar-refractivity contribution is 5.96. The molecule has 1 aliphatic carbocycles. The lowest BCUT2D eigenvalue weighted by Gasteiger charge is -2.35. The van der Waals surface area contributed by atoms with Gasteiger partial charge in [-0.25, -0.2) is 4.79 Å². The van der Waals surface area contributed by atoms with Crippen LogP contribution in [0.3, 0.4) is 0 Å². The highest BCUT2D eigenvalue weighted by Crippen LogP contribution is 2.55. The molecule has 1 spiro atoms. The summed E-state index contributed by atoms with van der Waals surface area (Å²) in [7, 11) is 1.16. The lowest BCUT2D eigenvalue weighted by atomic mass is 9.85. The molecule has 2 saturated heterocycles. The first-order chi connectivity index (χ1) is 17.5. The molecule has 3 N–H and O–H groups in total. The van der Waals surface area contributed by atoms with Gasteiger partial charge in [-0.05, 0) is 42.9 Å². The maximum atomic E-state index is 13.6. The van der Waals surface area contributed by atoms with E-state index in [4.69, 9.17) is 0 Å². The number of ether oxygens (including phenoxy) is 2. The van der Waals surface area contributed by atoms with E-state index in [2.05, 4.69) is 25.4 Å². The fraction of sp³-hybridized carbons (Fsp3) is 0.792. The third-order valence-electron chi connectivity index (χ3n) is 7.38. The molecule has 214 valence electrons. The van der Waals surface area contributed by atoms with Crippen LogP contribution in [0.4, 0.5) is 18.0 Å². The number of rotatable bonds is 9. The number of hydrogen-bond acceptors (Lipinski definition) is 7. The molecule has 11 nitrogen and oxygen atoms in total. The number of methoxy groups -OCH3 is 1. The SMILES string of the molecule is COC(=O)N[C@H](C(=O)N1CC2(CC2)C[C@H]1C(=O)N[C@@H](C[C@@H]1CCNC1=O)C(=O)COC(F)(F)F)C(C)(C)C. The van der Waals surface area contributed by atoms with Crippen molar-refractivity contribution in [3.8, 4) is 0 Å². The van der Waals surface area contributed by atoms with E-state index in [1.165, 1.54) is 4.90 Å². The van der Waals surface area contributed by atoms with Gasteiger partial charge in [0.25, 0.3) is 0 Å². The topological polar surface area (TPSA) is 143 Å². The van der Waals surface area contributed by atoms with Gasteiger partial charge in [-0.15, -0.1) is 13.2 Å². The standard InChI is InChI=1S/C24H35F3N4O7/c1-22(2,3)17(30-21(36)37-4)20(35)31-12-23(6-7-23)10-15(31)19(34)29-14(9-13-5-8-28-18(13)33)16(32)11-38-24(25,26)27/h13-15,17H,5-12H2,1-4H3,(H,28,33)(H,29,34)(H,30,36)/t13-,14-,15-,17+/m0/s1. The Hall–Kier alpha value is -2.90. The third-order valence-corrected chi connectivity index (χ3v) is 7.38. The summed E-state index contributed by atoms with van der Waals surface area (Å²) in [5, 5.41) is 7.62. The number of hydrogen-bond donors (Lipinski definition) is 3. The van der Waals surface area contributed by atoms with E-state index in [-0.39, 0.29) is 24.3 Å². The average molecular weight is 549 g/mol. The number of halogens is 3. The van der Waals surface area contributed by atoms with Gasteiger partial charge < -0.3 is 25.6 Å². The van der Waals surface area contributed by atoms with E-state index in [0.717, 1.165) is 20.0 Å². The molecule has 3 aliphatic rings. The molecule has 3 rings (SSSR count). The Labute approximate surface area is 218 Å². The van der Waals surface area contributed by atoms with E-state index in [1.807, 2.05) is 0 Å². The minimum atomic E-state index is -5.05. The van der Waals surface area contributed by atoms with Crippen LogP contribution in [-0.2, 0) is 28.7 Å². The molecule has 0 aromatic carbocycles. The van der Waals surface area contributed by atoms with Crippen molar-refractivity contribution >= 4 is 29.6 Å². The summed E-state index contributed by atoms with van der Waals surface area (Å²) in [6, 6.07) is -3.46. The number of carbonyl (C=O) groups is 5. The molecule has 0 radical (unpaired) electrons. The molecular weight excluding hydrogens is 513 g/mol. The largest absolute Gasteiger partial charge is 0.522 e. The Morgan fingerprint density at radius 2 is 1.82 bits per heavy atom. The lowest BCUT2D eigenvalue weighted by molar-refractivity contribution is -0.321. The fourth-order valence-electron chi connectivity index (χ4n) is 5.00. The Morgan fingerprint density at radius 3 is 2.32 bits per heavy atom. The number of ketones is 1. The second-order valence-corrected chi connectivity index (χ2v) is 11.4. The van der Waals surface area contributed by atoms with Gasteiger partial charge in [-0.3, -0.25) is 23.9 Å². The molecule has 2 aliphatic heterocycles. The zero-order valence-electron chi connectivity index (χ0n) is 21.9. The van der Waals surface area contributed by atoms with Crippen LogP contribution >= 0.6 is 0 Å². The van der Waals surface area contributed by atoms with Crippen molar-refractivity contribution in [3.63, 3.8) is 0 Å². The first kappa shape index (κ1) is 29.7. The van der Waals surface area contributed by atoms with E-state index >= 15 is 0 Å².